The number of anilines is 1. The Balaban J connectivity index is 1.62. The number of pyridine rings is 1. The minimum absolute atomic E-state index is 0.201. The zero-order valence-electron chi connectivity index (χ0n) is 11.6. The molecule has 116 valence electrons. The van der Waals surface area contributed by atoms with Gasteiger partial charge in [0.1, 0.15) is 0 Å². The average Bonchev–Trinajstić information content (AvgIpc) is 2.96. The maximum absolute atomic E-state index is 13.1. The van der Waals surface area contributed by atoms with Gasteiger partial charge in [0.2, 0.25) is 17.0 Å². The molecule has 0 aromatic carbocycles. The number of hydrogen-bond acceptors (Lipinski definition) is 5. The lowest BCUT2D eigenvalue weighted by Crippen LogP contribution is -2.31. The minimum Gasteiger partial charge on any atom is -0.300 e. The number of alkyl halides is 2. The van der Waals surface area contributed by atoms with Crippen LogP contribution in [0.25, 0.3) is 10.6 Å². The summed E-state index contributed by atoms with van der Waals surface area (Å²) in [6.45, 7) is 0. The van der Waals surface area contributed by atoms with Crippen LogP contribution in [0, 0.1) is 5.92 Å². The standard InChI is InChI=1S/C14H14F2N4OS/c15-14(16)5-3-9(4-6-14)11(21)18-13-20-19-12(22-13)10-2-1-7-17-8-10/h1-2,7-9H,3-6H2,(H,18,20,21). The Morgan fingerprint density at radius 2 is 2.09 bits per heavy atom. The first-order chi connectivity index (χ1) is 10.5. The van der Waals surface area contributed by atoms with E-state index in [0.29, 0.717) is 10.1 Å². The highest BCUT2D eigenvalue weighted by atomic mass is 32.1. The molecule has 1 aliphatic carbocycles. The lowest BCUT2D eigenvalue weighted by molar-refractivity contribution is -0.124. The second kappa shape index (κ2) is 6.04. The summed E-state index contributed by atoms with van der Waals surface area (Å²) in [7, 11) is 0. The summed E-state index contributed by atoms with van der Waals surface area (Å²) in [6.07, 6.45) is 3.26. The summed E-state index contributed by atoms with van der Waals surface area (Å²) in [5.74, 6) is -3.28. The zero-order valence-corrected chi connectivity index (χ0v) is 12.4. The Hall–Kier alpha value is -1.96. The Bertz CT molecular complexity index is 652. The van der Waals surface area contributed by atoms with Crippen molar-refractivity contribution in [2.45, 2.75) is 31.6 Å². The van der Waals surface area contributed by atoms with Crippen molar-refractivity contribution in [2.75, 3.05) is 5.32 Å². The van der Waals surface area contributed by atoms with Gasteiger partial charge in [0, 0.05) is 36.7 Å². The number of carbonyl (C=O) groups is 1. The van der Waals surface area contributed by atoms with Crippen LogP contribution >= 0.6 is 11.3 Å². The Morgan fingerprint density at radius 3 is 2.77 bits per heavy atom. The SMILES string of the molecule is O=C(Nc1nnc(-c2cccnc2)s1)C1CCC(F)(F)CC1. The molecule has 1 amide bonds. The van der Waals surface area contributed by atoms with Crippen LogP contribution < -0.4 is 5.32 Å². The van der Waals surface area contributed by atoms with E-state index in [1.807, 2.05) is 6.07 Å². The van der Waals surface area contributed by atoms with Gasteiger partial charge in [-0.25, -0.2) is 8.78 Å². The van der Waals surface area contributed by atoms with Crippen LogP contribution in [0.1, 0.15) is 25.7 Å². The van der Waals surface area contributed by atoms with Crippen molar-refractivity contribution in [1.82, 2.24) is 15.2 Å². The van der Waals surface area contributed by atoms with Crippen molar-refractivity contribution in [2.24, 2.45) is 5.92 Å². The van der Waals surface area contributed by atoms with Crippen LogP contribution in [0.3, 0.4) is 0 Å². The molecule has 2 aromatic heterocycles. The maximum Gasteiger partial charge on any atom is 0.248 e. The summed E-state index contributed by atoms with van der Waals surface area (Å²) in [6, 6.07) is 3.64. The fourth-order valence-corrected chi connectivity index (χ4v) is 3.13. The zero-order chi connectivity index (χ0) is 15.6. The van der Waals surface area contributed by atoms with Gasteiger partial charge in [-0.3, -0.25) is 9.78 Å². The monoisotopic (exact) mass is 324 g/mol. The molecule has 3 rings (SSSR count). The van der Waals surface area contributed by atoms with Gasteiger partial charge in [-0.1, -0.05) is 11.3 Å². The molecular weight excluding hydrogens is 310 g/mol. The molecule has 1 aliphatic rings. The van der Waals surface area contributed by atoms with E-state index in [0.717, 1.165) is 5.56 Å². The van der Waals surface area contributed by atoms with E-state index in [9.17, 15) is 13.6 Å². The molecule has 22 heavy (non-hydrogen) atoms. The van der Waals surface area contributed by atoms with Gasteiger partial charge in [0.05, 0.1) is 0 Å². The molecule has 5 nitrogen and oxygen atoms in total. The quantitative estimate of drug-likeness (QED) is 0.940. The van der Waals surface area contributed by atoms with Gasteiger partial charge in [-0.15, -0.1) is 10.2 Å². The van der Waals surface area contributed by atoms with Gasteiger partial charge >= 0.3 is 0 Å². The van der Waals surface area contributed by atoms with Gasteiger partial charge in [-0.05, 0) is 25.0 Å². The van der Waals surface area contributed by atoms with Gasteiger partial charge < -0.3 is 5.32 Å². The number of nitrogens with zero attached hydrogens (tertiary/aromatic N) is 3. The van der Waals surface area contributed by atoms with E-state index in [-0.39, 0.29) is 37.5 Å². The number of nitrogens with one attached hydrogen (secondary N) is 1. The largest absolute Gasteiger partial charge is 0.300 e. The van der Waals surface area contributed by atoms with Crippen molar-refractivity contribution in [3.8, 4) is 10.6 Å². The number of rotatable bonds is 3. The normalized spacial score (nSPS) is 18.1. The lowest BCUT2D eigenvalue weighted by atomic mass is 9.86. The van der Waals surface area contributed by atoms with Crippen molar-refractivity contribution >= 4 is 22.4 Å². The first-order valence-electron chi connectivity index (χ1n) is 6.96. The third-order valence-electron chi connectivity index (χ3n) is 3.65. The second-order valence-electron chi connectivity index (χ2n) is 5.27. The highest BCUT2D eigenvalue weighted by Crippen LogP contribution is 2.36. The molecule has 1 saturated carbocycles. The van der Waals surface area contributed by atoms with Crippen molar-refractivity contribution in [3.63, 3.8) is 0 Å². The number of halogens is 2. The van der Waals surface area contributed by atoms with E-state index in [1.165, 1.54) is 11.3 Å². The smallest absolute Gasteiger partial charge is 0.248 e. The molecule has 1 N–H and O–H groups in total. The summed E-state index contributed by atoms with van der Waals surface area (Å²) < 4.78 is 26.2. The number of aromatic nitrogens is 3. The van der Waals surface area contributed by atoms with Crippen LogP contribution in [0.5, 0.6) is 0 Å². The van der Waals surface area contributed by atoms with Crippen LogP contribution in [-0.2, 0) is 4.79 Å². The molecule has 0 spiro atoms. The highest BCUT2D eigenvalue weighted by Gasteiger charge is 2.37. The first-order valence-corrected chi connectivity index (χ1v) is 7.78. The molecule has 0 aliphatic heterocycles. The number of amides is 1. The highest BCUT2D eigenvalue weighted by molar-refractivity contribution is 7.18. The molecule has 0 unspecified atom stereocenters. The first kappa shape index (κ1) is 15.0. The minimum atomic E-state index is -2.63. The van der Waals surface area contributed by atoms with Crippen LogP contribution in [0.2, 0.25) is 0 Å². The fourth-order valence-electron chi connectivity index (χ4n) is 2.39. The van der Waals surface area contributed by atoms with Gasteiger partial charge in [0.25, 0.3) is 0 Å². The molecule has 1 fully saturated rings. The van der Waals surface area contributed by atoms with Crippen LogP contribution in [-0.4, -0.2) is 27.0 Å². The maximum atomic E-state index is 13.1. The third kappa shape index (κ3) is 3.44. The van der Waals surface area contributed by atoms with Crippen molar-refractivity contribution < 1.29 is 13.6 Å². The molecule has 2 heterocycles. The molecule has 2 aromatic rings. The Morgan fingerprint density at radius 1 is 1.32 bits per heavy atom. The average molecular weight is 324 g/mol. The second-order valence-corrected chi connectivity index (χ2v) is 6.25. The fraction of sp³-hybridized carbons (Fsp3) is 0.429. The Labute approximate surface area is 129 Å². The third-order valence-corrected chi connectivity index (χ3v) is 4.54. The summed E-state index contributed by atoms with van der Waals surface area (Å²) in [5.41, 5.74) is 0.817. The summed E-state index contributed by atoms with van der Waals surface area (Å²) in [5, 5.41) is 11.6. The van der Waals surface area contributed by atoms with E-state index >= 15 is 0 Å². The number of carbonyl (C=O) groups excluding carboxylic acids is 1. The lowest BCUT2D eigenvalue weighted by Gasteiger charge is -2.26. The number of hydrogen-bond donors (Lipinski definition) is 1. The van der Waals surface area contributed by atoms with E-state index < -0.39 is 5.92 Å². The van der Waals surface area contributed by atoms with Crippen LogP contribution in [0.15, 0.2) is 24.5 Å². The predicted octanol–water partition coefficient (Wildman–Crippen LogP) is 3.36. The van der Waals surface area contributed by atoms with E-state index in [1.54, 1.807) is 18.5 Å². The van der Waals surface area contributed by atoms with Crippen molar-refractivity contribution in [1.29, 1.82) is 0 Å². The molecule has 0 saturated heterocycles. The molecule has 8 heteroatoms. The van der Waals surface area contributed by atoms with Gasteiger partial charge in [-0.2, -0.15) is 0 Å². The molecule has 0 bridgehead atoms. The molecule has 0 radical (unpaired) electrons. The summed E-state index contributed by atoms with van der Waals surface area (Å²) >= 11 is 1.24. The Kier molecular flexibility index (Phi) is 4.10. The van der Waals surface area contributed by atoms with Crippen molar-refractivity contribution in [3.05, 3.63) is 24.5 Å². The van der Waals surface area contributed by atoms with Crippen LogP contribution in [0.4, 0.5) is 13.9 Å². The van der Waals surface area contributed by atoms with Gasteiger partial charge in [0.15, 0.2) is 5.01 Å². The van der Waals surface area contributed by atoms with E-state index in [4.69, 9.17) is 0 Å². The molecule has 0 atom stereocenters. The topological polar surface area (TPSA) is 67.8 Å². The summed E-state index contributed by atoms with van der Waals surface area (Å²) in [4.78, 5) is 16.1. The predicted molar refractivity (Wildman–Crippen MR) is 78.7 cm³/mol. The van der Waals surface area contributed by atoms with E-state index in [2.05, 4.69) is 20.5 Å². The molecular formula is C14H14F2N4OS.